The SMILES string of the molecule is COc1cc(C=C[C@H]2C3=CC[C@@H]4C(=O)N(c5ccc(C(=O)O)c(O)c5)C(=O)[C@@H]4[C@@H]3C[C@@]3(Cl)C(=O)N(c4c(F)c(F)c(F)c(F)c4F)C(=O)[C@@]23Cl)cc(OC)c1O. The van der Waals surface area contributed by atoms with Crippen molar-refractivity contribution >= 4 is 70.3 Å². The molecule has 4 aliphatic rings. The quantitative estimate of drug-likeness (QED) is 0.0659. The predicted molar refractivity (Wildman–Crippen MR) is 185 cm³/mol. The Morgan fingerprint density at radius 1 is 0.839 bits per heavy atom. The number of ether oxygens (including phenoxy) is 2. The first-order valence-electron chi connectivity index (χ1n) is 16.4. The molecule has 0 spiro atoms. The van der Waals surface area contributed by atoms with Crippen molar-refractivity contribution in [3.05, 3.63) is 88.3 Å². The van der Waals surface area contributed by atoms with Gasteiger partial charge in [-0.3, -0.25) is 19.2 Å². The average molecular weight is 824 g/mol. The molecular weight excluding hydrogens is 798 g/mol. The molecule has 2 heterocycles. The predicted octanol–water partition coefficient (Wildman–Crippen LogP) is 5.82. The van der Waals surface area contributed by atoms with Crippen LogP contribution in [0.5, 0.6) is 23.0 Å². The molecule has 0 radical (unpaired) electrons. The lowest BCUT2D eigenvalue weighted by Crippen LogP contribution is -2.60. The summed E-state index contributed by atoms with van der Waals surface area (Å²) in [5.74, 6) is -25.7. The number of amides is 4. The molecule has 3 N–H and O–H groups in total. The minimum absolute atomic E-state index is 0.0697. The minimum Gasteiger partial charge on any atom is -0.507 e. The summed E-state index contributed by atoms with van der Waals surface area (Å²) in [6.45, 7) is 0. The van der Waals surface area contributed by atoms with E-state index in [1.807, 2.05) is 0 Å². The number of aromatic hydroxyl groups is 2. The number of nitrogens with zero attached hydrogens (tertiary/aromatic N) is 2. The van der Waals surface area contributed by atoms with Gasteiger partial charge in [-0.2, -0.15) is 0 Å². The number of hydrogen-bond acceptors (Lipinski definition) is 9. The second kappa shape index (κ2) is 13.2. The van der Waals surface area contributed by atoms with Gasteiger partial charge in [0.25, 0.3) is 11.8 Å². The van der Waals surface area contributed by atoms with E-state index < -0.39 is 116 Å². The molecule has 2 aliphatic heterocycles. The van der Waals surface area contributed by atoms with E-state index in [1.165, 1.54) is 44.6 Å². The van der Waals surface area contributed by atoms with Crippen molar-refractivity contribution in [3.63, 3.8) is 0 Å². The summed E-state index contributed by atoms with van der Waals surface area (Å²) >= 11 is 14.2. The molecule has 3 aromatic rings. The highest BCUT2D eigenvalue weighted by Crippen LogP contribution is 2.64. The van der Waals surface area contributed by atoms with Crippen molar-refractivity contribution in [2.24, 2.45) is 23.7 Å². The van der Waals surface area contributed by atoms with Crippen LogP contribution in [0, 0.1) is 52.8 Å². The van der Waals surface area contributed by atoms with Crippen LogP contribution in [-0.4, -0.2) is 68.9 Å². The third kappa shape index (κ3) is 5.12. The number of halogens is 7. The van der Waals surface area contributed by atoms with Crippen LogP contribution in [0.1, 0.15) is 28.8 Å². The van der Waals surface area contributed by atoms with E-state index in [0.717, 1.165) is 18.2 Å². The van der Waals surface area contributed by atoms with Gasteiger partial charge in [-0.05, 0) is 48.6 Å². The number of carboxylic acids is 1. The van der Waals surface area contributed by atoms with E-state index in [-0.39, 0.29) is 45.4 Å². The molecule has 19 heteroatoms. The number of phenolic OH excluding ortho intramolecular Hbond substituents is 1. The highest BCUT2D eigenvalue weighted by Gasteiger charge is 2.76. The molecule has 7 rings (SSSR count). The zero-order valence-corrected chi connectivity index (χ0v) is 30.1. The maximum atomic E-state index is 15.3. The topological polar surface area (TPSA) is 171 Å². The van der Waals surface area contributed by atoms with E-state index >= 15 is 8.78 Å². The lowest BCUT2D eigenvalue weighted by atomic mass is 9.57. The number of phenols is 2. The van der Waals surface area contributed by atoms with Crippen molar-refractivity contribution in [2.75, 3.05) is 24.0 Å². The number of rotatable bonds is 7. The van der Waals surface area contributed by atoms with Gasteiger partial charge in [0.1, 0.15) is 17.0 Å². The van der Waals surface area contributed by atoms with E-state index in [0.29, 0.717) is 4.90 Å². The van der Waals surface area contributed by atoms with Crippen molar-refractivity contribution in [2.45, 2.75) is 22.6 Å². The number of methoxy groups -OCH3 is 2. The second-order valence-electron chi connectivity index (χ2n) is 13.4. The lowest BCUT2D eigenvalue weighted by Gasteiger charge is -2.49. The molecule has 292 valence electrons. The molecule has 2 aliphatic carbocycles. The number of hydrogen-bond donors (Lipinski definition) is 3. The summed E-state index contributed by atoms with van der Waals surface area (Å²) in [5, 5.41) is 30.1. The molecule has 0 unspecified atom stereocenters. The maximum Gasteiger partial charge on any atom is 0.339 e. The fraction of sp³-hybridized carbons (Fsp3) is 0.270. The number of alkyl halides is 2. The number of anilines is 2. The molecule has 0 bridgehead atoms. The van der Waals surface area contributed by atoms with Gasteiger partial charge >= 0.3 is 5.97 Å². The molecule has 0 aromatic heterocycles. The number of allylic oxidation sites excluding steroid dienone is 3. The smallest absolute Gasteiger partial charge is 0.339 e. The van der Waals surface area contributed by atoms with Crippen LogP contribution in [0.15, 0.2) is 48.1 Å². The standard InChI is InChI=1S/C37H25Cl2F5N2O10/c1-55-21-9-13(10-22(56-2)30(21)48)3-8-19-15-6-7-17-23(32(50)45(31(17)49)14-4-5-16(33(51)52)20(47)11-14)18(15)12-36(38)34(53)46(35(54)37(19,36)39)29-27(43)25(41)24(40)26(42)28(29)44/h3-6,8-11,17-19,23,47-48H,7,12H2,1-2H3,(H,51,52)/t17-,18+,19-,23-,36+,37-/m0/s1. The summed E-state index contributed by atoms with van der Waals surface area (Å²) in [7, 11) is 2.49. The van der Waals surface area contributed by atoms with Crippen molar-refractivity contribution < 1.29 is 70.7 Å². The molecular formula is C37H25Cl2F5N2O10. The van der Waals surface area contributed by atoms with E-state index in [2.05, 4.69) is 0 Å². The van der Waals surface area contributed by atoms with Crippen molar-refractivity contribution in [1.82, 2.24) is 0 Å². The number of imide groups is 2. The van der Waals surface area contributed by atoms with Crippen LogP contribution in [0.25, 0.3) is 6.08 Å². The van der Waals surface area contributed by atoms with Crippen LogP contribution in [0.2, 0.25) is 0 Å². The van der Waals surface area contributed by atoms with Crippen molar-refractivity contribution in [3.8, 4) is 23.0 Å². The van der Waals surface area contributed by atoms with E-state index in [4.69, 9.17) is 32.7 Å². The summed E-state index contributed by atoms with van der Waals surface area (Å²) in [4.78, 5) is 63.1. The fourth-order valence-electron chi connectivity index (χ4n) is 8.13. The maximum absolute atomic E-state index is 15.3. The van der Waals surface area contributed by atoms with Gasteiger partial charge in [0.15, 0.2) is 44.5 Å². The molecule has 6 atom stereocenters. The normalized spacial score (nSPS) is 27.1. The summed E-state index contributed by atoms with van der Waals surface area (Å²) in [6, 6.07) is 5.65. The summed E-state index contributed by atoms with van der Waals surface area (Å²) in [6.07, 6.45) is 3.11. The Bertz CT molecular complexity index is 2340. The largest absolute Gasteiger partial charge is 0.507 e. The second-order valence-corrected chi connectivity index (χ2v) is 14.6. The van der Waals surface area contributed by atoms with E-state index in [9.17, 15) is 52.5 Å². The number of aromatic carboxylic acids is 1. The van der Waals surface area contributed by atoms with Crippen molar-refractivity contribution in [1.29, 1.82) is 0 Å². The molecule has 56 heavy (non-hydrogen) atoms. The number of fused-ring (bicyclic) bond motifs is 4. The molecule has 1 saturated carbocycles. The third-order valence-corrected chi connectivity index (χ3v) is 12.2. The number of carbonyl (C=O) groups excluding carboxylic acids is 4. The number of carbonyl (C=O) groups is 5. The molecule has 2 saturated heterocycles. The number of carboxylic acid groups (broad SMARTS) is 1. The Morgan fingerprint density at radius 2 is 1.43 bits per heavy atom. The Morgan fingerprint density at radius 3 is 1.98 bits per heavy atom. The Kier molecular flexibility index (Phi) is 9.11. The van der Waals surface area contributed by atoms with Gasteiger partial charge in [0.2, 0.25) is 23.4 Å². The van der Waals surface area contributed by atoms with Gasteiger partial charge in [-0.25, -0.2) is 36.5 Å². The molecule has 3 fully saturated rings. The van der Waals surface area contributed by atoms with E-state index in [1.54, 1.807) is 0 Å². The zero-order valence-electron chi connectivity index (χ0n) is 28.6. The summed E-state index contributed by atoms with van der Waals surface area (Å²) in [5.41, 5.74) is -2.27. The third-order valence-electron chi connectivity index (χ3n) is 10.7. The Balaban J connectivity index is 1.40. The Labute approximate surface area is 321 Å². The van der Waals surface area contributed by atoms with Crippen LogP contribution in [-0.2, 0) is 19.2 Å². The van der Waals surface area contributed by atoms with Crippen LogP contribution in [0.4, 0.5) is 33.3 Å². The first-order chi connectivity index (χ1) is 26.3. The molecule has 12 nitrogen and oxygen atoms in total. The van der Waals surface area contributed by atoms with Crippen LogP contribution >= 0.6 is 23.2 Å². The van der Waals surface area contributed by atoms with Crippen LogP contribution in [0.3, 0.4) is 0 Å². The Hall–Kier alpha value is -5.68. The van der Waals surface area contributed by atoms with Gasteiger partial charge in [0.05, 0.1) is 31.7 Å². The first kappa shape index (κ1) is 38.6. The highest BCUT2D eigenvalue weighted by molar-refractivity contribution is 6.58. The lowest BCUT2D eigenvalue weighted by molar-refractivity contribution is -0.125. The minimum atomic E-state index is -2.77. The van der Waals surface area contributed by atoms with Gasteiger partial charge in [-0.1, -0.05) is 23.8 Å². The van der Waals surface area contributed by atoms with Gasteiger partial charge in [-0.15, -0.1) is 23.2 Å². The fourth-order valence-corrected chi connectivity index (χ4v) is 9.02. The monoisotopic (exact) mass is 822 g/mol. The highest BCUT2D eigenvalue weighted by atomic mass is 35.5. The summed E-state index contributed by atoms with van der Waals surface area (Å²) < 4.78 is 84.0. The first-order valence-corrected chi connectivity index (χ1v) is 17.2. The average Bonchev–Trinajstić information content (AvgIpc) is 3.50. The molecule has 3 aromatic carbocycles. The van der Waals surface area contributed by atoms with Crippen LogP contribution < -0.4 is 19.3 Å². The number of benzene rings is 3. The molecule has 4 amide bonds. The van der Waals surface area contributed by atoms with Gasteiger partial charge in [0, 0.05) is 12.0 Å². The van der Waals surface area contributed by atoms with Gasteiger partial charge < -0.3 is 24.8 Å². The zero-order chi connectivity index (χ0) is 40.9.